The van der Waals surface area contributed by atoms with Crippen molar-refractivity contribution >= 4 is 25.7 Å². The number of halogens is 3. The summed E-state index contributed by atoms with van der Waals surface area (Å²) >= 11 is 0. The molecular weight excluding hydrogens is 242 g/mol. The third-order valence-corrected chi connectivity index (χ3v) is 2.19. The van der Waals surface area contributed by atoms with Crippen molar-refractivity contribution in [3.8, 4) is 0 Å². The molecule has 4 nitrogen and oxygen atoms in total. The molecule has 0 radical (unpaired) electrons. The molecule has 0 aromatic heterocycles. The summed E-state index contributed by atoms with van der Waals surface area (Å²) in [6, 6.07) is 0. The van der Waals surface area contributed by atoms with Gasteiger partial charge in [-0.05, 0) is 6.92 Å². The number of esters is 1. The normalized spacial score (nSPS) is 12.6. The van der Waals surface area contributed by atoms with E-state index in [2.05, 4.69) is 15.4 Å². The van der Waals surface area contributed by atoms with E-state index in [4.69, 9.17) is 0 Å². The fraction of sp³-hybridized carbons (Fsp3) is 0.833. The molecule has 84 valence electrons. The molecule has 0 saturated carbocycles. The topological polar surface area (TPSA) is 60.4 Å². The van der Waals surface area contributed by atoms with Crippen LogP contribution in [0.15, 0.2) is 0 Å². The minimum Gasteiger partial charge on any atom is -0.466 e. The Labute approximate surface area is 84.6 Å². The van der Waals surface area contributed by atoms with Gasteiger partial charge in [0.2, 0.25) is 9.05 Å². The van der Waals surface area contributed by atoms with Crippen molar-refractivity contribution in [1.29, 1.82) is 0 Å². The fourth-order valence-electron chi connectivity index (χ4n) is 0.726. The molecule has 0 spiro atoms. The van der Waals surface area contributed by atoms with E-state index in [1.807, 2.05) is 0 Å². The Balaban J connectivity index is 4.27. The predicted octanol–water partition coefficient (Wildman–Crippen LogP) is 1.14. The third-order valence-electron chi connectivity index (χ3n) is 1.09. The standard InChI is InChI=1S/C6H9ClF2O4S/c1-2-13-5(10)3-6(8,9)4-14(7,11)12/h2-4H2,1H3. The number of alkyl halides is 2. The van der Waals surface area contributed by atoms with Crippen LogP contribution in [-0.2, 0) is 18.6 Å². The molecular formula is C6H9ClF2O4S. The van der Waals surface area contributed by atoms with Gasteiger partial charge in [0.25, 0.3) is 5.92 Å². The zero-order valence-corrected chi connectivity index (χ0v) is 8.87. The summed E-state index contributed by atoms with van der Waals surface area (Å²) in [5.41, 5.74) is 0. The van der Waals surface area contributed by atoms with Gasteiger partial charge in [0.15, 0.2) is 0 Å². The smallest absolute Gasteiger partial charge is 0.311 e. The molecule has 0 aromatic rings. The molecule has 0 amide bonds. The van der Waals surface area contributed by atoms with Gasteiger partial charge < -0.3 is 4.74 Å². The van der Waals surface area contributed by atoms with Crippen LogP contribution in [0.1, 0.15) is 13.3 Å². The van der Waals surface area contributed by atoms with Gasteiger partial charge in [-0.3, -0.25) is 4.79 Å². The molecule has 0 unspecified atom stereocenters. The van der Waals surface area contributed by atoms with Crippen LogP contribution in [0.2, 0.25) is 0 Å². The molecule has 0 bridgehead atoms. The van der Waals surface area contributed by atoms with E-state index < -0.39 is 33.1 Å². The molecule has 0 rings (SSSR count). The fourth-order valence-corrected chi connectivity index (χ4v) is 1.81. The predicted molar refractivity (Wildman–Crippen MR) is 45.8 cm³/mol. The van der Waals surface area contributed by atoms with Crippen molar-refractivity contribution < 1.29 is 26.7 Å². The van der Waals surface area contributed by atoms with Crippen LogP contribution in [0.3, 0.4) is 0 Å². The zero-order valence-electron chi connectivity index (χ0n) is 7.30. The molecule has 0 N–H and O–H groups in total. The van der Waals surface area contributed by atoms with E-state index in [9.17, 15) is 22.0 Å². The second-order valence-corrected chi connectivity index (χ2v) is 5.30. The van der Waals surface area contributed by atoms with Crippen LogP contribution >= 0.6 is 10.7 Å². The van der Waals surface area contributed by atoms with Gasteiger partial charge in [-0.15, -0.1) is 0 Å². The van der Waals surface area contributed by atoms with Gasteiger partial charge in [-0.25, -0.2) is 17.2 Å². The highest BCUT2D eigenvalue weighted by Gasteiger charge is 2.37. The number of carbonyl (C=O) groups is 1. The highest BCUT2D eigenvalue weighted by molar-refractivity contribution is 8.13. The van der Waals surface area contributed by atoms with E-state index >= 15 is 0 Å². The van der Waals surface area contributed by atoms with E-state index in [0.29, 0.717) is 0 Å². The lowest BCUT2D eigenvalue weighted by Crippen LogP contribution is -2.29. The second-order valence-electron chi connectivity index (χ2n) is 2.52. The van der Waals surface area contributed by atoms with E-state index in [-0.39, 0.29) is 6.61 Å². The van der Waals surface area contributed by atoms with Crippen molar-refractivity contribution in [2.75, 3.05) is 12.4 Å². The Hall–Kier alpha value is -0.430. The second kappa shape index (κ2) is 4.88. The van der Waals surface area contributed by atoms with Crippen LogP contribution in [0, 0.1) is 0 Å². The number of rotatable bonds is 5. The Bertz CT molecular complexity index is 301. The van der Waals surface area contributed by atoms with Crippen molar-refractivity contribution in [1.82, 2.24) is 0 Å². The first-order chi connectivity index (χ1) is 6.16. The maximum atomic E-state index is 12.7. The average Bonchev–Trinajstić information content (AvgIpc) is 1.78. The van der Waals surface area contributed by atoms with Gasteiger partial charge in [0.05, 0.1) is 6.61 Å². The van der Waals surface area contributed by atoms with Crippen LogP contribution in [0.25, 0.3) is 0 Å². The monoisotopic (exact) mass is 250 g/mol. The maximum absolute atomic E-state index is 12.7. The summed E-state index contributed by atoms with van der Waals surface area (Å²) in [4.78, 5) is 10.6. The summed E-state index contributed by atoms with van der Waals surface area (Å²) in [7, 11) is 0.290. The molecule has 0 fully saturated rings. The quantitative estimate of drug-likeness (QED) is 0.542. The molecule has 0 atom stereocenters. The van der Waals surface area contributed by atoms with Gasteiger partial charge in [0.1, 0.15) is 12.2 Å². The molecule has 0 aliphatic heterocycles. The van der Waals surface area contributed by atoms with Crippen molar-refractivity contribution in [2.24, 2.45) is 0 Å². The van der Waals surface area contributed by atoms with Crippen LogP contribution in [-0.4, -0.2) is 32.7 Å². The zero-order chi connectivity index (χ0) is 11.4. The van der Waals surface area contributed by atoms with Crippen molar-refractivity contribution in [3.63, 3.8) is 0 Å². The van der Waals surface area contributed by atoms with Gasteiger partial charge in [-0.1, -0.05) is 0 Å². The Morgan fingerprint density at radius 1 is 1.50 bits per heavy atom. The summed E-state index contributed by atoms with van der Waals surface area (Å²) in [6.45, 7) is 1.41. The highest BCUT2D eigenvalue weighted by Crippen LogP contribution is 2.22. The minimum atomic E-state index is -4.33. The van der Waals surface area contributed by atoms with Gasteiger partial charge in [-0.2, -0.15) is 0 Å². The number of carbonyl (C=O) groups excluding carboxylic acids is 1. The van der Waals surface area contributed by atoms with Crippen molar-refractivity contribution in [2.45, 2.75) is 19.3 Å². The molecule has 0 aliphatic carbocycles. The first-order valence-electron chi connectivity index (χ1n) is 3.62. The minimum absolute atomic E-state index is 0.0391. The number of hydrogen-bond donors (Lipinski definition) is 0. The number of ether oxygens (including phenoxy) is 1. The largest absolute Gasteiger partial charge is 0.466 e. The average molecular weight is 251 g/mol. The Kier molecular flexibility index (Phi) is 4.73. The molecule has 0 saturated heterocycles. The molecule has 14 heavy (non-hydrogen) atoms. The lowest BCUT2D eigenvalue weighted by Gasteiger charge is -2.12. The molecule has 0 heterocycles. The van der Waals surface area contributed by atoms with Crippen molar-refractivity contribution in [3.05, 3.63) is 0 Å². The first kappa shape index (κ1) is 13.6. The van der Waals surface area contributed by atoms with Gasteiger partial charge in [0, 0.05) is 10.7 Å². The van der Waals surface area contributed by atoms with E-state index in [0.717, 1.165) is 0 Å². The number of hydrogen-bond acceptors (Lipinski definition) is 4. The molecule has 8 heteroatoms. The molecule has 0 aliphatic rings. The lowest BCUT2D eigenvalue weighted by atomic mass is 10.3. The Morgan fingerprint density at radius 2 is 2.00 bits per heavy atom. The SMILES string of the molecule is CCOC(=O)CC(F)(F)CS(=O)(=O)Cl. The summed E-state index contributed by atoms with van der Waals surface area (Å²) in [5, 5.41) is 0. The van der Waals surface area contributed by atoms with Crippen LogP contribution in [0.5, 0.6) is 0 Å². The van der Waals surface area contributed by atoms with Gasteiger partial charge >= 0.3 is 5.97 Å². The lowest BCUT2D eigenvalue weighted by molar-refractivity contribution is -0.149. The van der Waals surface area contributed by atoms with E-state index in [1.165, 1.54) is 6.92 Å². The summed E-state index contributed by atoms with van der Waals surface area (Å²) in [5.74, 6) is -6.41. The first-order valence-corrected chi connectivity index (χ1v) is 6.10. The van der Waals surface area contributed by atoms with Crippen LogP contribution < -0.4 is 0 Å². The molecule has 0 aromatic carbocycles. The van der Waals surface area contributed by atoms with E-state index in [1.54, 1.807) is 0 Å². The summed E-state index contributed by atoms with van der Waals surface area (Å²) < 4.78 is 50.3. The Morgan fingerprint density at radius 3 is 2.36 bits per heavy atom. The third kappa shape index (κ3) is 7.02. The maximum Gasteiger partial charge on any atom is 0.311 e. The van der Waals surface area contributed by atoms with Crippen LogP contribution in [0.4, 0.5) is 8.78 Å². The highest BCUT2D eigenvalue weighted by atomic mass is 35.7. The summed E-state index contributed by atoms with van der Waals surface area (Å²) in [6.07, 6.45) is -1.28.